The maximum Gasteiger partial charge on any atom is 0.231 e. The Hall–Kier alpha value is -1.96. The summed E-state index contributed by atoms with van der Waals surface area (Å²) in [4.78, 5) is 4.95. The number of hydrogen-bond donors (Lipinski definition) is 0. The van der Waals surface area contributed by atoms with Crippen LogP contribution in [0.4, 0.5) is 0 Å². The van der Waals surface area contributed by atoms with Gasteiger partial charge in [-0.1, -0.05) is 6.07 Å². The molecule has 0 N–H and O–H groups in total. The maximum absolute atomic E-state index is 5.56. The Kier molecular flexibility index (Phi) is 5.94. The van der Waals surface area contributed by atoms with Crippen molar-refractivity contribution in [3.05, 3.63) is 45.9 Å². The molecule has 0 spiro atoms. The monoisotopic (exact) mass is 448 g/mol. The Bertz CT molecular complexity index is 837. The predicted molar refractivity (Wildman–Crippen MR) is 110 cm³/mol. The molecule has 150 valence electrons. The fourth-order valence-corrected chi connectivity index (χ4v) is 4.24. The van der Waals surface area contributed by atoms with Crippen molar-refractivity contribution in [3.63, 3.8) is 0 Å². The highest BCUT2D eigenvalue weighted by atomic mass is 79.9. The van der Waals surface area contributed by atoms with Gasteiger partial charge in [0.05, 0.1) is 18.7 Å². The van der Waals surface area contributed by atoms with E-state index < -0.39 is 0 Å². The first-order valence-electron chi connectivity index (χ1n) is 9.40. The van der Waals surface area contributed by atoms with Crippen LogP contribution in [0.15, 0.2) is 34.8 Å². The number of hydrogen-bond acceptors (Lipinski definition) is 6. The van der Waals surface area contributed by atoms with Crippen molar-refractivity contribution in [1.29, 1.82) is 0 Å². The van der Waals surface area contributed by atoms with Gasteiger partial charge in [-0.15, -0.1) is 0 Å². The molecule has 2 aromatic rings. The van der Waals surface area contributed by atoms with Crippen LogP contribution in [-0.4, -0.2) is 57.0 Å². The highest BCUT2D eigenvalue weighted by Crippen LogP contribution is 2.34. The summed E-state index contributed by atoms with van der Waals surface area (Å²) in [6.07, 6.45) is 0. The SMILES string of the molecule is COc1cc(OC)c(CN2CCN(Cc3ccc4c(c3)OCO4)CC2)cc1Br. The highest BCUT2D eigenvalue weighted by molar-refractivity contribution is 9.10. The Balaban J connectivity index is 1.34. The van der Waals surface area contributed by atoms with Crippen LogP contribution in [0.3, 0.4) is 0 Å². The zero-order valence-corrected chi connectivity index (χ0v) is 17.8. The Morgan fingerprint density at radius 1 is 0.857 bits per heavy atom. The quantitative estimate of drug-likeness (QED) is 0.673. The molecule has 4 rings (SSSR count). The van der Waals surface area contributed by atoms with Crippen LogP contribution in [0.25, 0.3) is 0 Å². The zero-order chi connectivity index (χ0) is 19.5. The number of halogens is 1. The fraction of sp³-hybridized carbons (Fsp3) is 0.429. The summed E-state index contributed by atoms with van der Waals surface area (Å²) in [6, 6.07) is 10.3. The summed E-state index contributed by atoms with van der Waals surface area (Å²) in [5, 5.41) is 0. The molecular formula is C21H25BrN2O4. The van der Waals surface area contributed by atoms with Gasteiger partial charge in [0, 0.05) is 50.9 Å². The fourth-order valence-electron chi connectivity index (χ4n) is 3.69. The first-order chi connectivity index (χ1) is 13.7. The smallest absolute Gasteiger partial charge is 0.231 e. The molecule has 7 heteroatoms. The minimum absolute atomic E-state index is 0.322. The highest BCUT2D eigenvalue weighted by Gasteiger charge is 2.20. The van der Waals surface area contributed by atoms with Crippen molar-refractivity contribution in [2.75, 3.05) is 47.2 Å². The van der Waals surface area contributed by atoms with Crippen molar-refractivity contribution in [3.8, 4) is 23.0 Å². The third-order valence-corrected chi connectivity index (χ3v) is 5.88. The summed E-state index contributed by atoms with van der Waals surface area (Å²) in [6.45, 7) is 6.24. The molecule has 2 aliphatic rings. The topological polar surface area (TPSA) is 43.4 Å². The van der Waals surface area contributed by atoms with E-state index in [1.54, 1.807) is 14.2 Å². The second-order valence-electron chi connectivity index (χ2n) is 7.04. The lowest BCUT2D eigenvalue weighted by Crippen LogP contribution is -2.45. The lowest BCUT2D eigenvalue weighted by atomic mass is 10.1. The minimum atomic E-state index is 0.322. The molecule has 0 unspecified atom stereocenters. The molecule has 0 bridgehead atoms. The van der Waals surface area contributed by atoms with Crippen LogP contribution in [0.2, 0.25) is 0 Å². The summed E-state index contributed by atoms with van der Waals surface area (Å²) >= 11 is 3.58. The number of rotatable bonds is 6. The van der Waals surface area contributed by atoms with Crippen LogP contribution in [0.5, 0.6) is 23.0 Å². The van der Waals surface area contributed by atoms with Gasteiger partial charge in [-0.3, -0.25) is 9.80 Å². The average Bonchev–Trinajstić information content (AvgIpc) is 3.17. The predicted octanol–water partition coefficient (Wildman–Crippen LogP) is 3.51. The van der Waals surface area contributed by atoms with Crippen molar-refractivity contribution in [2.24, 2.45) is 0 Å². The first kappa shape index (κ1) is 19.4. The van der Waals surface area contributed by atoms with E-state index in [2.05, 4.69) is 43.9 Å². The summed E-state index contributed by atoms with van der Waals surface area (Å²) < 4.78 is 22.8. The van der Waals surface area contributed by atoms with E-state index in [4.69, 9.17) is 18.9 Å². The van der Waals surface area contributed by atoms with E-state index in [0.29, 0.717) is 6.79 Å². The molecular weight excluding hydrogens is 424 g/mol. The largest absolute Gasteiger partial charge is 0.496 e. The van der Waals surface area contributed by atoms with Crippen molar-refractivity contribution < 1.29 is 18.9 Å². The molecule has 0 amide bonds. The third kappa shape index (κ3) is 4.21. The minimum Gasteiger partial charge on any atom is -0.496 e. The molecule has 0 aliphatic carbocycles. The van der Waals surface area contributed by atoms with E-state index >= 15 is 0 Å². The van der Waals surface area contributed by atoms with Gasteiger partial charge in [-0.25, -0.2) is 0 Å². The van der Waals surface area contributed by atoms with Crippen LogP contribution < -0.4 is 18.9 Å². The van der Waals surface area contributed by atoms with E-state index in [9.17, 15) is 0 Å². The molecule has 28 heavy (non-hydrogen) atoms. The number of nitrogens with zero attached hydrogens (tertiary/aromatic N) is 2. The number of benzene rings is 2. The Morgan fingerprint density at radius 2 is 1.54 bits per heavy atom. The molecule has 1 fully saturated rings. The van der Waals surface area contributed by atoms with Crippen LogP contribution in [0, 0.1) is 0 Å². The van der Waals surface area contributed by atoms with E-state index in [0.717, 1.165) is 66.7 Å². The van der Waals surface area contributed by atoms with Crippen LogP contribution in [0.1, 0.15) is 11.1 Å². The molecule has 2 aliphatic heterocycles. The summed E-state index contributed by atoms with van der Waals surface area (Å²) in [7, 11) is 3.37. The maximum atomic E-state index is 5.56. The number of fused-ring (bicyclic) bond motifs is 1. The molecule has 6 nitrogen and oxygen atoms in total. The van der Waals surface area contributed by atoms with Gasteiger partial charge < -0.3 is 18.9 Å². The molecule has 0 radical (unpaired) electrons. The number of ether oxygens (including phenoxy) is 4. The molecule has 2 heterocycles. The number of piperazine rings is 1. The molecule has 2 aromatic carbocycles. The average molecular weight is 449 g/mol. The molecule has 0 saturated carbocycles. The lowest BCUT2D eigenvalue weighted by Gasteiger charge is -2.35. The van der Waals surface area contributed by atoms with Gasteiger partial charge in [0.2, 0.25) is 6.79 Å². The second-order valence-corrected chi connectivity index (χ2v) is 7.89. The molecule has 0 aromatic heterocycles. The Labute approximate surface area is 174 Å². The van der Waals surface area contributed by atoms with Crippen LogP contribution in [-0.2, 0) is 13.1 Å². The van der Waals surface area contributed by atoms with Gasteiger partial charge in [0.15, 0.2) is 11.5 Å². The van der Waals surface area contributed by atoms with Gasteiger partial charge in [-0.2, -0.15) is 0 Å². The van der Waals surface area contributed by atoms with Crippen LogP contribution >= 0.6 is 15.9 Å². The molecule has 1 saturated heterocycles. The second kappa shape index (κ2) is 8.59. The van der Waals surface area contributed by atoms with E-state index in [-0.39, 0.29) is 0 Å². The van der Waals surface area contributed by atoms with Crippen molar-refractivity contribution in [2.45, 2.75) is 13.1 Å². The van der Waals surface area contributed by atoms with E-state index in [1.165, 1.54) is 11.1 Å². The summed E-state index contributed by atoms with van der Waals surface area (Å²) in [5.74, 6) is 3.35. The van der Waals surface area contributed by atoms with Crippen molar-refractivity contribution >= 4 is 15.9 Å². The number of methoxy groups -OCH3 is 2. The van der Waals surface area contributed by atoms with Gasteiger partial charge in [0.25, 0.3) is 0 Å². The summed E-state index contributed by atoms with van der Waals surface area (Å²) in [5.41, 5.74) is 2.43. The lowest BCUT2D eigenvalue weighted by molar-refractivity contribution is 0.121. The van der Waals surface area contributed by atoms with Crippen molar-refractivity contribution in [1.82, 2.24) is 9.80 Å². The van der Waals surface area contributed by atoms with E-state index in [1.807, 2.05) is 12.1 Å². The van der Waals surface area contributed by atoms with Gasteiger partial charge in [-0.05, 0) is 39.7 Å². The van der Waals surface area contributed by atoms with Gasteiger partial charge in [0.1, 0.15) is 11.5 Å². The first-order valence-corrected chi connectivity index (χ1v) is 10.2. The van der Waals surface area contributed by atoms with Gasteiger partial charge >= 0.3 is 0 Å². The zero-order valence-electron chi connectivity index (χ0n) is 16.2. The Morgan fingerprint density at radius 3 is 2.25 bits per heavy atom. The third-order valence-electron chi connectivity index (χ3n) is 5.26. The normalized spacial score (nSPS) is 17.0. The molecule has 0 atom stereocenters. The standard InChI is InChI=1S/C21H25BrN2O4/c1-25-19-11-20(26-2)17(22)10-16(19)13-24-7-5-23(6-8-24)12-15-3-4-18-21(9-15)28-14-27-18/h3-4,9-11H,5-8,12-14H2,1-2H3.